The Morgan fingerprint density at radius 1 is 1.40 bits per heavy atom. The molecule has 0 saturated heterocycles. The minimum Gasteiger partial charge on any atom is -0.343 e. The van der Waals surface area contributed by atoms with Gasteiger partial charge in [-0.3, -0.25) is 4.79 Å². The Hall–Kier alpha value is -2.46. The van der Waals surface area contributed by atoms with Gasteiger partial charge in [0.1, 0.15) is 9.90 Å². The molecule has 132 valence electrons. The average Bonchev–Trinajstić information content (AvgIpc) is 3.02. The highest BCUT2D eigenvalue weighted by molar-refractivity contribution is 7.90. The number of hydrogen-bond donors (Lipinski definition) is 3. The van der Waals surface area contributed by atoms with E-state index in [0.717, 1.165) is 16.3 Å². The lowest BCUT2D eigenvalue weighted by atomic mass is 10.2. The SMILES string of the molecule is CCc1cnc(C(C)NC(=O)c2ccc3c(c2)S(=O)(=O)NC(=O)N3)s1. The van der Waals surface area contributed by atoms with Crippen LogP contribution in [0.1, 0.15) is 40.1 Å². The van der Waals surface area contributed by atoms with Gasteiger partial charge in [0.25, 0.3) is 15.9 Å². The number of carbonyl (C=O) groups excluding carboxylic acids is 2. The lowest BCUT2D eigenvalue weighted by molar-refractivity contribution is 0.0939. The van der Waals surface area contributed by atoms with Crippen LogP contribution in [0.3, 0.4) is 0 Å². The molecule has 25 heavy (non-hydrogen) atoms. The van der Waals surface area contributed by atoms with Crippen molar-refractivity contribution < 1.29 is 18.0 Å². The number of benzene rings is 1. The molecule has 2 heterocycles. The number of rotatable bonds is 4. The number of aromatic nitrogens is 1. The number of hydrogen-bond acceptors (Lipinski definition) is 6. The van der Waals surface area contributed by atoms with E-state index in [1.807, 2.05) is 18.6 Å². The highest BCUT2D eigenvalue weighted by Gasteiger charge is 2.28. The van der Waals surface area contributed by atoms with Gasteiger partial charge in [-0.05, 0) is 31.5 Å². The minimum atomic E-state index is -3.98. The molecule has 1 aliphatic rings. The van der Waals surface area contributed by atoms with Crippen LogP contribution in [0.25, 0.3) is 0 Å². The molecule has 0 bridgehead atoms. The van der Waals surface area contributed by atoms with E-state index in [0.29, 0.717) is 0 Å². The van der Waals surface area contributed by atoms with Gasteiger partial charge in [0, 0.05) is 16.6 Å². The summed E-state index contributed by atoms with van der Waals surface area (Å²) in [4.78, 5) is 29.0. The summed E-state index contributed by atoms with van der Waals surface area (Å²) < 4.78 is 25.9. The van der Waals surface area contributed by atoms with Crippen LogP contribution in [-0.2, 0) is 16.4 Å². The second-order valence-electron chi connectivity index (χ2n) is 5.48. The van der Waals surface area contributed by atoms with Crippen molar-refractivity contribution in [1.82, 2.24) is 15.0 Å². The van der Waals surface area contributed by atoms with Crippen molar-refractivity contribution in [3.8, 4) is 0 Å². The summed E-state index contributed by atoms with van der Waals surface area (Å²) in [7, 11) is -3.98. The van der Waals surface area contributed by atoms with Crippen LogP contribution in [0.2, 0.25) is 0 Å². The first-order valence-electron chi connectivity index (χ1n) is 7.53. The van der Waals surface area contributed by atoms with E-state index in [1.165, 1.54) is 29.5 Å². The van der Waals surface area contributed by atoms with E-state index in [9.17, 15) is 18.0 Å². The van der Waals surface area contributed by atoms with Gasteiger partial charge in [-0.1, -0.05) is 6.92 Å². The number of carbonyl (C=O) groups is 2. The second kappa shape index (κ2) is 6.45. The van der Waals surface area contributed by atoms with Crippen LogP contribution in [0.4, 0.5) is 10.5 Å². The van der Waals surface area contributed by atoms with Crippen molar-refractivity contribution in [2.45, 2.75) is 31.2 Å². The van der Waals surface area contributed by atoms with Gasteiger partial charge >= 0.3 is 6.03 Å². The van der Waals surface area contributed by atoms with Crippen LogP contribution < -0.4 is 15.4 Å². The fraction of sp³-hybridized carbons (Fsp3) is 0.267. The molecule has 1 unspecified atom stereocenters. The van der Waals surface area contributed by atoms with Gasteiger partial charge in [0.05, 0.1) is 11.7 Å². The summed E-state index contributed by atoms with van der Waals surface area (Å²) in [6, 6.07) is 2.96. The molecular weight excluding hydrogens is 364 g/mol. The number of fused-ring (bicyclic) bond motifs is 1. The zero-order valence-electron chi connectivity index (χ0n) is 13.5. The molecular formula is C15H16N4O4S2. The van der Waals surface area contributed by atoms with Crippen molar-refractivity contribution in [1.29, 1.82) is 0 Å². The fourth-order valence-corrected chi connectivity index (χ4v) is 4.30. The molecule has 0 saturated carbocycles. The number of nitrogens with zero attached hydrogens (tertiary/aromatic N) is 1. The van der Waals surface area contributed by atoms with Crippen molar-refractivity contribution in [2.75, 3.05) is 5.32 Å². The number of urea groups is 1. The van der Waals surface area contributed by atoms with Crippen molar-refractivity contribution in [3.63, 3.8) is 0 Å². The molecule has 1 aliphatic heterocycles. The number of amides is 3. The summed E-state index contributed by atoms with van der Waals surface area (Å²) in [6.07, 6.45) is 2.65. The number of aryl methyl sites for hydroxylation is 1. The van der Waals surface area contributed by atoms with Gasteiger partial charge in [-0.25, -0.2) is 22.9 Å². The second-order valence-corrected chi connectivity index (χ2v) is 8.28. The van der Waals surface area contributed by atoms with E-state index in [1.54, 1.807) is 6.20 Å². The molecule has 3 rings (SSSR count). The fourth-order valence-electron chi connectivity index (χ4n) is 2.34. The highest BCUT2D eigenvalue weighted by atomic mass is 32.2. The topological polar surface area (TPSA) is 117 Å². The van der Waals surface area contributed by atoms with E-state index >= 15 is 0 Å². The molecule has 2 aromatic rings. The smallest absolute Gasteiger partial charge is 0.333 e. The summed E-state index contributed by atoms with van der Waals surface area (Å²) in [5.41, 5.74) is 0.320. The maximum Gasteiger partial charge on any atom is 0.333 e. The van der Waals surface area contributed by atoms with E-state index in [-0.39, 0.29) is 22.2 Å². The summed E-state index contributed by atoms with van der Waals surface area (Å²) in [5, 5.41) is 5.97. The Labute approximate surface area is 148 Å². The highest BCUT2D eigenvalue weighted by Crippen LogP contribution is 2.26. The van der Waals surface area contributed by atoms with Crippen molar-refractivity contribution in [3.05, 3.63) is 39.8 Å². The van der Waals surface area contributed by atoms with Crippen LogP contribution >= 0.6 is 11.3 Å². The number of anilines is 1. The zero-order valence-corrected chi connectivity index (χ0v) is 15.1. The Balaban J connectivity index is 1.82. The van der Waals surface area contributed by atoms with Crippen LogP contribution in [0.5, 0.6) is 0 Å². The minimum absolute atomic E-state index is 0.140. The molecule has 1 aromatic heterocycles. The molecule has 0 spiro atoms. The molecule has 0 aliphatic carbocycles. The summed E-state index contributed by atoms with van der Waals surface area (Å²) >= 11 is 1.52. The van der Waals surface area contributed by atoms with Crippen molar-refractivity contribution in [2.24, 2.45) is 0 Å². The quantitative estimate of drug-likeness (QED) is 0.750. The number of nitrogens with one attached hydrogen (secondary N) is 3. The van der Waals surface area contributed by atoms with E-state index in [2.05, 4.69) is 15.6 Å². The van der Waals surface area contributed by atoms with Crippen LogP contribution in [-0.4, -0.2) is 25.3 Å². The van der Waals surface area contributed by atoms with Crippen molar-refractivity contribution >= 4 is 39.0 Å². The lowest BCUT2D eigenvalue weighted by Crippen LogP contribution is -2.39. The largest absolute Gasteiger partial charge is 0.343 e. The molecule has 1 atom stereocenters. The summed E-state index contributed by atoms with van der Waals surface area (Å²) in [6.45, 7) is 3.84. The Morgan fingerprint density at radius 3 is 2.84 bits per heavy atom. The maximum absolute atomic E-state index is 12.4. The Kier molecular flexibility index (Phi) is 4.48. The third kappa shape index (κ3) is 3.49. The van der Waals surface area contributed by atoms with Gasteiger partial charge in [-0.2, -0.15) is 0 Å². The average molecular weight is 380 g/mol. The third-order valence-electron chi connectivity index (χ3n) is 3.65. The molecule has 3 amide bonds. The Morgan fingerprint density at radius 2 is 2.16 bits per heavy atom. The number of thiazole rings is 1. The molecule has 8 nitrogen and oxygen atoms in total. The Bertz CT molecular complexity index is 952. The summed E-state index contributed by atoms with van der Waals surface area (Å²) in [5.74, 6) is -0.421. The zero-order chi connectivity index (χ0) is 18.2. The standard InChI is InChI=1S/C15H16N4O4S2/c1-3-10-7-16-14(24-10)8(2)17-13(20)9-4-5-11-12(6-9)25(22,23)19-15(21)18-11/h4-8H,3H2,1-2H3,(H,17,20)(H2,18,19,21). The molecule has 3 N–H and O–H groups in total. The van der Waals surface area contributed by atoms with E-state index in [4.69, 9.17) is 0 Å². The lowest BCUT2D eigenvalue weighted by Gasteiger charge is -2.19. The normalized spacial score (nSPS) is 16.3. The predicted molar refractivity (Wildman–Crippen MR) is 93.2 cm³/mol. The van der Waals surface area contributed by atoms with Crippen LogP contribution in [0, 0.1) is 0 Å². The predicted octanol–water partition coefficient (Wildman–Crippen LogP) is 2.02. The van der Waals surface area contributed by atoms with Gasteiger partial charge in [0.15, 0.2) is 0 Å². The first-order valence-corrected chi connectivity index (χ1v) is 9.83. The molecule has 0 radical (unpaired) electrons. The molecule has 1 aromatic carbocycles. The van der Waals surface area contributed by atoms with Gasteiger partial charge < -0.3 is 10.6 Å². The monoisotopic (exact) mass is 380 g/mol. The van der Waals surface area contributed by atoms with E-state index < -0.39 is 22.0 Å². The molecule has 0 fully saturated rings. The first kappa shape index (κ1) is 17.4. The van der Waals surface area contributed by atoms with Gasteiger partial charge in [0.2, 0.25) is 0 Å². The third-order valence-corrected chi connectivity index (χ3v) is 6.34. The van der Waals surface area contributed by atoms with Crippen LogP contribution in [0.15, 0.2) is 29.3 Å². The molecule has 10 heteroatoms. The van der Waals surface area contributed by atoms with Gasteiger partial charge in [-0.15, -0.1) is 11.3 Å². The first-order chi connectivity index (χ1) is 11.8. The maximum atomic E-state index is 12.4. The number of sulfonamides is 1.